The van der Waals surface area contributed by atoms with Crippen LogP contribution in [0.25, 0.3) is 0 Å². The molecule has 1 fully saturated rings. The van der Waals surface area contributed by atoms with Gasteiger partial charge in [0.25, 0.3) is 0 Å². The van der Waals surface area contributed by atoms with Gasteiger partial charge in [0.05, 0.1) is 6.61 Å². The van der Waals surface area contributed by atoms with E-state index in [0.29, 0.717) is 19.6 Å². The van der Waals surface area contributed by atoms with Crippen molar-refractivity contribution in [2.24, 2.45) is 4.99 Å². The van der Waals surface area contributed by atoms with Crippen molar-refractivity contribution in [3.63, 3.8) is 0 Å². The van der Waals surface area contributed by atoms with Gasteiger partial charge in [-0.05, 0) is 24.0 Å². The SMILES string of the molecule is CCCOCc1ccccc1CNC(=NC)NC1CCN(C(=O)CC)C1. The Morgan fingerprint density at radius 3 is 2.77 bits per heavy atom. The Labute approximate surface area is 157 Å². The summed E-state index contributed by atoms with van der Waals surface area (Å²) in [4.78, 5) is 18.1. The van der Waals surface area contributed by atoms with E-state index in [0.717, 1.165) is 38.5 Å². The number of rotatable bonds is 8. The van der Waals surface area contributed by atoms with E-state index in [4.69, 9.17) is 4.74 Å². The van der Waals surface area contributed by atoms with Crippen molar-refractivity contribution in [2.45, 2.75) is 52.3 Å². The Bertz CT molecular complexity index is 603. The van der Waals surface area contributed by atoms with Crippen LogP contribution in [-0.2, 0) is 22.7 Å². The summed E-state index contributed by atoms with van der Waals surface area (Å²) in [6.45, 7) is 7.68. The first-order valence-corrected chi connectivity index (χ1v) is 9.57. The molecule has 1 aromatic rings. The minimum atomic E-state index is 0.221. The number of ether oxygens (including phenoxy) is 1. The molecule has 26 heavy (non-hydrogen) atoms. The molecule has 1 heterocycles. The van der Waals surface area contributed by atoms with Gasteiger partial charge >= 0.3 is 0 Å². The molecular weight excluding hydrogens is 328 g/mol. The number of carbonyl (C=O) groups excluding carboxylic acids is 1. The number of likely N-dealkylation sites (tertiary alicyclic amines) is 1. The lowest BCUT2D eigenvalue weighted by Gasteiger charge is -2.19. The summed E-state index contributed by atoms with van der Waals surface area (Å²) < 4.78 is 5.68. The van der Waals surface area contributed by atoms with Gasteiger partial charge in [0.1, 0.15) is 0 Å². The highest BCUT2D eigenvalue weighted by atomic mass is 16.5. The molecular formula is C20H32N4O2. The smallest absolute Gasteiger partial charge is 0.222 e. The molecule has 0 bridgehead atoms. The molecule has 1 aliphatic rings. The molecule has 6 nitrogen and oxygen atoms in total. The van der Waals surface area contributed by atoms with Crippen LogP contribution in [0.2, 0.25) is 0 Å². The zero-order chi connectivity index (χ0) is 18.8. The molecule has 1 atom stereocenters. The van der Waals surface area contributed by atoms with Crippen molar-refractivity contribution in [3.05, 3.63) is 35.4 Å². The monoisotopic (exact) mass is 360 g/mol. The number of nitrogens with zero attached hydrogens (tertiary/aromatic N) is 2. The predicted molar refractivity (Wildman–Crippen MR) is 105 cm³/mol. The normalized spacial score (nSPS) is 17.4. The standard InChI is InChI=1S/C20H32N4O2/c1-4-12-26-15-17-9-7-6-8-16(17)13-22-20(21-3)23-18-10-11-24(14-18)19(25)5-2/h6-9,18H,4-5,10-15H2,1-3H3,(H2,21,22,23). The van der Waals surface area contributed by atoms with Crippen LogP contribution in [0.4, 0.5) is 0 Å². The number of nitrogens with one attached hydrogen (secondary N) is 2. The van der Waals surface area contributed by atoms with Crippen LogP contribution in [0.3, 0.4) is 0 Å². The lowest BCUT2D eigenvalue weighted by atomic mass is 10.1. The summed E-state index contributed by atoms with van der Waals surface area (Å²) in [7, 11) is 1.77. The number of hydrogen-bond donors (Lipinski definition) is 2. The van der Waals surface area contributed by atoms with Crippen LogP contribution in [0.15, 0.2) is 29.3 Å². The zero-order valence-corrected chi connectivity index (χ0v) is 16.3. The van der Waals surface area contributed by atoms with Gasteiger partial charge in [0, 0.05) is 45.8 Å². The van der Waals surface area contributed by atoms with E-state index in [2.05, 4.69) is 34.7 Å². The molecule has 0 spiro atoms. The van der Waals surface area contributed by atoms with Crippen LogP contribution in [-0.4, -0.2) is 49.6 Å². The third-order valence-electron chi connectivity index (χ3n) is 4.58. The van der Waals surface area contributed by atoms with Crippen molar-refractivity contribution in [3.8, 4) is 0 Å². The van der Waals surface area contributed by atoms with Gasteiger partial charge in [0.2, 0.25) is 5.91 Å². The lowest BCUT2D eigenvalue weighted by Crippen LogP contribution is -2.44. The zero-order valence-electron chi connectivity index (χ0n) is 16.3. The number of hydrogen-bond acceptors (Lipinski definition) is 3. The Hall–Kier alpha value is -2.08. The van der Waals surface area contributed by atoms with Crippen molar-refractivity contribution in [1.82, 2.24) is 15.5 Å². The molecule has 144 valence electrons. The van der Waals surface area contributed by atoms with Gasteiger partial charge in [-0.1, -0.05) is 38.1 Å². The van der Waals surface area contributed by atoms with Crippen molar-refractivity contribution >= 4 is 11.9 Å². The van der Waals surface area contributed by atoms with E-state index < -0.39 is 0 Å². The largest absolute Gasteiger partial charge is 0.377 e. The Kier molecular flexibility index (Phi) is 8.41. The highest BCUT2D eigenvalue weighted by Gasteiger charge is 2.25. The molecule has 1 unspecified atom stereocenters. The van der Waals surface area contributed by atoms with Crippen LogP contribution < -0.4 is 10.6 Å². The summed E-state index contributed by atoms with van der Waals surface area (Å²) in [5.74, 6) is 0.989. The summed E-state index contributed by atoms with van der Waals surface area (Å²) in [5.41, 5.74) is 2.41. The highest BCUT2D eigenvalue weighted by molar-refractivity contribution is 5.80. The summed E-state index contributed by atoms with van der Waals surface area (Å²) in [6.07, 6.45) is 2.54. The number of benzene rings is 1. The second kappa shape index (κ2) is 10.8. The van der Waals surface area contributed by atoms with E-state index in [1.54, 1.807) is 7.05 Å². The van der Waals surface area contributed by atoms with Crippen molar-refractivity contribution in [1.29, 1.82) is 0 Å². The molecule has 1 aromatic carbocycles. The third-order valence-corrected chi connectivity index (χ3v) is 4.58. The molecule has 1 aliphatic heterocycles. The second-order valence-corrected chi connectivity index (χ2v) is 6.57. The maximum absolute atomic E-state index is 11.8. The van der Waals surface area contributed by atoms with Gasteiger partial charge < -0.3 is 20.3 Å². The van der Waals surface area contributed by atoms with E-state index in [1.807, 2.05) is 24.0 Å². The van der Waals surface area contributed by atoms with E-state index >= 15 is 0 Å². The molecule has 2 N–H and O–H groups in total. The minimum absolute atomic E-state index is 0.221. The third kappa shape index (κ3) is 6.02. The van der Waals surface area contributed by atoms with E-state index in [9.17, 15) is 4.79 Å². The fourth-order valence-corrected chi connectivity index (χ4v) is 3.09. The predicted octanol–water partition coefficient (Wildman–Crippen LogP) is 2.29. The van der Waals surface area contributed by atoms with E-state index in [-0.39, 0.29) is 11.9 Å². The van der Waals surface area contributed by atoms with Gasteiger partial charge in [-0.25, -0.2) is 0 Å². The average molecular weight is 361 g/mol. The fraction of sp³-hybridized carbons (Fsp3) is 0.600. The number of amides is 1. The van der Waals surface area contributed by atoms with E-state index in [1.165, 1.54) is 11.1 Å². The number of aliphatic imine (C=N–C) groups is 1. The first kappa shape index (κ1) is 20.2. The molecule has 6 heteroatoms. The first-order chi connectivity index (χ1) is 12.7. The first-order valence-electron chi connectivity index (χ1n) is 9.57. The second-order valence-electron chi connectivity index (χ2n) is 6.57. The van der Waals surface area contributed by atoms with Crippen LogP contribution >= 0.6 is 0 Å². The Morgan fingerprint density at radius 1 is 1.31 bits per heavy atom. The van der Waals surface area contributed by atoms with Crippen LogP contribution in [0.5, 0.6) is 0 Å². The average Bonchev–Trinajstić information content (AvgIpc) is 3.14. The Balaban J connectivity index is 1.85. The molecule has 0 saturated carbocycles. The lowest BCUT2D eigenvalue weighted by molar-refractivity contribution is -0.129. The maximum Gasteiger partial charge on any atom is 0.222 e. The summed E-state index contributed by atoms with van der Waals surface area (Å²) in [6, 6.07) is 8.55. The van der Waals surface area contributed by atoms with Gasteiger partial charge in [-0.3, -0.25) is 9.79 Å². The fourth-order valence-electron chi connectivity index (χ4n) is 3.09. The summed E-state index contributed by atoms with van der Waals surface area (Å²) in [5, 5.41) is 6.81. The topological polar surface area (TPSA) is 66.0 Å². The van der Waals surface area contributed by atoms with Gasteiger partial charge in [0.15, 0.2) is 5.96 Å². The minimum Gasteiger partial charge on any atom is -0.377 e. The summed E-state index contributed by atoms with van der Waals surface area (Å²) >= 11 is 0. The highest BCUT2D eigenvalue weighted by Crippen LogP contribution is 2.12. The molecule has 1 amide bonds. The Morgan fingerprint density at radius 2 is 2.08 bits per heavy atom. The molecule has 1 saturated heterocycles. The molecule has 0 radical (unpaired) electrons. The molecule has 0 aromatic heterocycles. The van der Waals surface area contributed by atoms with Crippen LogP contribution in [0.1, 0.15) is 44.2 Å². The van der Waals surface area contributed by atoms with Gasteiger partial charge in [-0.2, -0.15) is 0 Å². The van der Waals surface area contributed by atoms with Crippen molar-refractivity contribution < 1.29 is 9.53 Å². The van der Waals surface area contributed by atoms with Crippen molar-refractivity contribution in [2.75, 3.05) is 26.7 Å². The molecule has 0 aliphatic carbocycles. The number of guanidine groups is 1. The van der Waals surface area contributed by atoms with Crippen LogP contribution in [0, 0.1) is 0 Å². The van der Waals surface area contributed by atoms with Gasteiger partial charge in [-0.15, -0.1) is 0 Å². The molecule has 2 rings (SSSR count). The quantitative estimate of drug-likeness (QED) is 0.424. The number of carbonyl (C=O) groups is 1. The maximum atomic E-state index is 11.8.